The molecule has 1 aromatic heterocycles. The van der Waals surface area contributed by atoms with Crippen LogP contribution >= 0.6 is 15.9 Å². The third-order valence-corrected chi connectivity index (χ3v) is 2.56. The van der Waals surface area contributed by atoms with Crippen LogP contribution in [0.3, 0.4) is 0 Å². The Hall–Kier alpha value is -0.810. The van der Waals surface area contributed by atoms with E-state index >= 15 is 0 Å². The maximum absolute atomic E-state index is 11.7. The molecule has 0 bridgehead atoms. The van der Waals surface area contributed by atoms with E-state index in [1.54, 1.807) is 19.2 Å². The average Bonchev–Trinajstić information content (AvgIpc) is 2.65. The van der Waals surface area contributed by atoms with Crippen molar-refractivity contribution >= 4 is 21.8 Å². The Kier molecular flexibility index (Phi) is 5.55. The maximum Gasteiger partial charge on any atom is 0.287 e. The van der Waals surface area contributed by atoms with Gasteiger partial charge in [0.15, 0.2) is 10.4 Å². The number of rotatable bonds is 6. The zero-order valence-corrected chi connectivity index (χ0v) is 11.0. The van der Waals surface area contributed by atoms with Gasteiger partial charge in [0, 0.05) is 7.11 Å². The van der Waals surface area contributed by atoms with Crippen molar-refractivity contribution in [3.63, 3.8) is 0 Å². The average molecular weight is 290 g/mol. The minimum absolute atomic E-state index is 0.0337. The molecule has 0 spiro atoms. The Morgan fingerprint density at radius 2 is 2.38 bits per heavy atom. The van der Waals surface area contributed by atoms with Crippen LogP contribution in [0.5, 0.6) is 0 Å². The normalized spacial score (nSPS) is 12.4. The molecule has 1 atom stereocenters. The van der Waals surface area contributed by atoms with E-state index in [9.17, 15) is 4.79 Å². The molecular weight excluding hydrogens is 274 g/mol. The van der Waals surface area contributed by atoms with Gasteiger partial charge >= 0.3 is 0 Å². The minimum Gasteiger partial charge on any atom is -0.444 e. The number of amides is 1. The van der Waals surface area contributed by atoms with Gasteiger partial charge in [-0.25, -0.2) is 0 Å². The number of methoxy groups -OCH3 is 1. The quantitative estimate of drug-likeness (QED) is 0.876. The first-order valence-corrected chi connectivity index (χ1v) is 6.01. The first-order valence-electron chi connectivity index (χ1n) is 5.22. The predicted octanol–water partition coefficient (Wildman–Crippen LogP) is 2.59. The molecule has 1 rings (SSSR count). The Balaban J connectivity index is 2.54. The predicted molar refractivity (Wildman–Crippen MR) is 64.4 cm³/mol. The lowest BCUT2D eigenvalue weighted by atomic mass is 10.2. The molecular formula is C11H16BrNO3. The highest BCUT2D eigenvalue weighted by Gasteiger charge is 2.15. The molecule has 0 fully saturated rings. The molecule has 0 aromatic carbocycles. The summed E-state index contributed by atoms with van der Waals surface area (Å²) in [6, 6.07) is 3.36. The molecule has 4 nitrogen and oxygen atoms in total. The molecule has 0 aliphatic rings. The van der Waals surface area contributed by atoms with E-state index in [4.69, 9.17) is 9.15 Å². The standard InChI is InChI=1S/C11H16BrNO3/c1-3-4-8(7-15-2)13-11(14)9-5-6-10(12)16-9/h5-6,8H,3-4,7H2,1-2H3,(H,13,14). The molecule has 1 unspecified atom stereocenters. The van der Waals surface area contributed by atoms with Crippen LogP contribution in [0.2, 0.25) is 0 Å². The summed E-state index contributed by atoms with van der Waals surface area (Å²) in [5, 5.41) is 2.87. The first-order chi connectivity index (χ1) is 7.67. The van der Waals surface area contributed by atoms with E-state index in [-0.39, 0.29) is 11.9 Å². The van der Waals surface area contributed by atoms with Crippen LogP contribution in [0.1, 0.15) is 30.3 Å². The Morgan fingerprint density at radius 3 is 2.88 bits per heavy atom. The van der Waals surface area contributed by atoms with Gasteiger partial charge in [-0.05, 0) is 34.5 Å². The van der Waals surface area contributed by atoms with Crippen molar-refractivity contribution in [3.8, 4) is 0 Å². The van der Waals surface area contributed by atoms with Crippen LogP contribution in [0.4, 0.5) is 0 Å². The Morgan fingerprint density at radius 1 is 1.62 bits per heavy atom. The van der Waals surface area contributed by atoms with Gasteiger partial charge in [-0.3, -0.25) is 4.79 Å². The lowest BCUT2D eigenvalue weighted by Gasteiger charge is -2.16. The molecule has 0 saturated heterocycles. The van der Waals surface area contributed by atoms with E-state index in [1.165, 1.54) is 0 Å². The summed E-state index contributed by atoms with van der Waals surface area (Å²) < 4.78 is 10.8. The summed E-state index contributed by atoms with van der Waals surface area (Å²) in [7, 11) is 1.62. The van der Waals surface area contributed by atoms with E-state index in [2.05, 4.69) is 28.2 Å². The van der Waals surface area contributed by atoms with Crippen molar-refractivity contribution in [2.75, 3.05) is 13.7 Å². The first kappa shape index (κ1) is 13.3. The van der Waals surface area contributed by atoms with Gasteiger partial charge in [0.05, 0.1) is 12.6 Å². The summed E-state index contributed by atoms with van der Waals surface area (Å²) in [5.74, 6) is 0.102. The molecule has 90 valence electrons. The number of hydrogen-bond donors (Lipinski definition) is 1. The lowest BCUT2D eigenvalue weighted by Crippen LogP contribution is -2.37. The molecule has 1 heterocycles. The largest absolute Gasteiger partial charge is 0.444 e. The molecule has 16 heavy (non-hydrogen) atoms. The Labute approximate surface area is 103 Å². The van der Waals surface area contributed by atoms with E-state index in [0.717, 1.165) is 12.8 Å². The van der Waals surface area contributed by atoms with Gasteiger partial charge in [-0.2, -0.15) is 0 Å². The van der Waals surface area contributed by atoms with Gasteiger partial charge in [-0.1, -0.05) is 13.3 Å². The molecule has 0 radical (unpaired) electrons. The fourth-order valence-electron chi connectivity index (χ4n) is 1.44. The molecule has 1 N–H and O–H groups in total. The van der Waals surface area contributed by atoms with Crippen molar-refractivity contribution in [2.24, 2.45) is 0 Å². The van der Waals surface area contributed by atoms with Crippen molar-refractivity contribution in [1.29, 1.82) is 0 Å². The third kappa shape index (κ3) is 3.98. The van der Waals surface area contributed by atoms with Crippen molar-refractivity contribution < 1.29 is 13.9 Å². The lowest BCUT2D eigenvalue weighted by molar-refractivity contribution is 0.0863. The van der Waals surface area contributed by atoms with Gasteiger partial charge < -0.3 is 14.5 Å². The van der Waals surface area contributed by atoms with Gasteiger partial charge in [0.2, 0.25) is 0 Å². The van der Waals surface area contributed by atoms with E-state index in [1.807, 2.05) is 0 Å². The summed E-state index contributed by atoms with van der Waals surface area (Å²) in [4.78, 5) is 11.7. The molecule has 0 aliphatic heterocycles. The molecule has 0 saturated carbocycles. The van der Waals surface area contributed by atoms with Gasteiger partial charge in [0.25, 0.3) is 5.91 Å². The highest BCUT2D eigenvalue weighted by Crippen LogP contribution is 2.14. The number of ether oxygens (including phenoxy) is 1. The van der Waals surface area contributed by atoms with Crippen LogP contribution in [0, 0.1) is 0 Å². The summed E-state index contributed by atoms with van der Waals surface area (Å²) in [6.45, 7) is 2.58. The third-order valence-electron chi connectivity index (χ3n) is 2.14. The number of halogens is 1. The number of furan rings is 1. The van der Waals surface area contributed by atoms with Gasteiger partial charge in [0.1, 0.15) is 0 Å². The smallest absolute Gasteiger partial charge is 0.287 e. The van der Waals surface area contributed by atoms with Crippen molar-refractivity contribution in [2.45, 2.75) is 25.8 Å². The summed E-state index contributed by atoms with van der Waals surface area (Å²) >= 11 is 3.16. The minimum atomic E-state index is -0.207. The zero-order chi connectivity index (χ0) is 12.0. The molecule has 0 aliphatic carbocycles. The van der Waals surface area contributed by atoms with Crippen molar-refractivity contribution in [3.05, 3.63) is 22.6 Å². The molecule has 1 amide bonds. The fourth-order valence-corrected chi connectivity index (χ4v) is 1.75. The van der Waals surface area contributed by atoms with Gasteiger partial charge in [-0.15, -0.1) is 0 Å². The second-order valence-corrected chi connectivity index (χ2v) is 4.30. The summed E-state index contributed by atoms with van der Waals surface area (Å²) in [5.41, 5.74) is 0. The van der Waals surface area contributed by atoms with E-state index in [0.29, 0.717) is 17.0 Å². The van der Waals surface area contributed by atoms with E-state index < -0.39 is 0 Å². The number of hydrogen-bond acceptors (Lipinski definition) is 3. The van der Waals surface area contributed by atoms with Crippen LogP contribution < -0.4 is 5.32 Å². The zero-order valence-electron chi connectivity index (χ0n) is 9.46. The van der Waals surface area contributed by atoms with Crippen molar-refractivity contribution in [1.82, 2.24) is 5.32 Å². The fraction of sp³-hybridized carbons (Fsp3) is 0.545. The topological polar surface area (TPSA) is 51.5 Å². The highest BCUT2D eigenvalue weighted by atomic mass is 79.9. The van der Waals surface area contributed by atoms with Crippen LogP contribution in [-0.4, -0.2) is 25.7 Å². The Bertz CT molecular complexity index is 332. The molecule has 5 heteroatoms. The number of nitrogens with one attached hydrogen (secondary N) is 1. The monoisotopic (exact) mass is 289 g/mol. The SMILES string of the molecule is CCCC(COC)NC(=O)c1ccc(Br)o1. The number of carbonyl (C=O) groups is 1. The maximum atomic E-state index is 11.7. The van der Waals surface area contributed by atoms with Crippen LogP contribution in [0.25, 0.3) is 0 Å². The highest BCUT2D eigenvalue weighted by molar-refractivity contribution is 9.10. The van der Waals surface area contributed by atoms with Crippen LogP contribution in [-0.2, 0) is 4.74 Å². The van der Waals surface area contributed by atoms with Crippen LogP contribution in [0.15, 0.2) is 21.2 Å². The summed E-state index contributed by atoms with van der Waals surface area (Å²) in [6.07, 6.45) is 1.89. The number of carbonyl (C=O) groups excluding carboxylic acids is 1. The molecule has 1 aromatic rings. The second kappa shape index (κ2) is 6.70. The second-order valence-electron chi connectivity index (χ2n) is 3.52.